The van der Waals surface area contributed by atoms with E-state index in [-0.39, 0.29) is 18.5 Å². The second kappa shape index (κ2) is 11.2. The van der Waals surface area contributed by atoms with Crippen LogP contribution in [0.4, 0.5) is 0 Å². The molecule has 164 valence electrons. The van der Waals surface area contributed by atoms with Gasteiger partial charge >= 0.3 is 5.97 Å². The third-order valence-electron chi connectivity index (χ3n) is 5.38. The SMILES string of the molecule is COC(=O)C1CCN(CC(O)COc2ccc(CNCc3ccc(C)o3)cc2)CC1. The zero-order valence-electron chi connectivity index (χ0n) is 17.8. The van der Waals surface area contributed by atoms with Crippen LogP contribution in [-0.4, -0.2) is 55.4 Å². The largest absolute Gasteiger partial charge is 0.491 e. The molecule has 7 nitrogen and oxygen atoms in total. The Kier molecular flexibility index (Phi) is 8.30. The van der Waals surface area contributed by atoms with Crippen LogP contribution >= 0.6 is 0 Å². The minimum atomic E-state index is -0.572. The van der Waals surface area contributed by atoms with Crippen molar-refractivity contribution in [1.29, 1.82) is 0 Å². The van der Waals surface area contributed by atoms with Crippen LogP contribution in [0.25, 0.3) is 0 Å². The molecule has 1 atom stereocenters. The zero-order chi connectivity index (χ0) is 21.3. The maximum atomic E-state index is 11.6. The quantitative estimate of drug-likeness (QED) is 0.576. The number of esters is 1. The van der Waals surface area contributed by atoms with Gasteiger partial charge in [0, 0.05) is 13.1 Å². The number of piperidine rings is 1. The van der Waals surface area contributed by atoms with Crippen LogP contribution in [0.15, 0.2) is 40.8 Å². The highest BCUT2D eigenvalue weighted by molar-refractivity contribution is 5.72. The van der Waals surface area contributed by atoms with Crippen LogP contribution in [0.5, 0.6) is 5.75 Å². The lowest BCUT2D eigenvalue weighted by Gasteiger charge is -2.31. The summed E-state index contributed by atoms with van der Waals surface area (Å²) >= 11 is 0. The Morgan fingerprint density at radius 2 is 1.93 bits per heavy atom. The molecule has 0 radical (unpaired) electrons. The van der Waals surface area contributed by atoms with Gasteiger partial charge in [0.1, 0.15) is 30.0 Å². The number of nitrogens with zero attached hydrogens (tertiary/aromatic N) is 1. The number of methoxy groups -OCH3 is 1. The molecule has 30 heavy (non-hydrogen) atoms. The lowest BCUT2D eigenvalue weighted by atomic mass is 9.97. The van der Waals surface area contributed by atoms with Gasteiger partial charge in [0.2, 0.25) is 0 Å². The van der Waals surface area contributed by atoms with Crippen molar-refractivity contribution in [3.05, 3.63) is 53.5 Å². The summed E-state index contributed by atoms with van der Waals surface area (Å²) in [7, 11) is 1.43. The molecular weight excluding hydrogens is 384 g/mol. The van der Waals surface area contributed by atoms with E-state index in [1.807, 2.05) is 43.3 Å². The molecule has 0 amide bonds. The third-order valence-corrected chi connectivity index (χ3v) is 5.38. The number of β-amino-alcohol motifs (C(OH)–C–C–N with tert-alkyl or cyclic N) is 1. The van der Waals surface area contributed by atoms with Gasteiger partial charge in [0.05, 0.1) is 19.6 Å². The van der Waals surface area contributed by atoms with Gasteiger partial charge < -0.3 is 29.2 Å². The average molecular weight is 417 g/mol. The molecule has 7 heteroatoms. The minimum absolute atomic E-state index is 0.0177. The molecule has 1 saturated heterocycles. The number of benzene rings is 1. The number of hydrogen-bond acceptors (Lipinski definition) is 7. The number of aryl methyl sites for hydroxylation is 1. The van der Waals surface area contributed by atoms with Crippen LogP contribution in [0.2, 0.25) is 0 Å². The van der Waals surface area contributed by atoms with Gasteiger partial charge in [0.25, 0.3) is 0 Å². The highest BCUT2D eigenvalue weighted by Gasteiger charge is 2.26. The molecular formula is C23H32N2O5. The molecule has 0 saturated carbocycles. The molecule has 1 aliphatic rings. The lowest BCUT2D eigenvalue weighted by Crippen LogP contribution is -2.42. The first-order valence-electron chi connectivity index (χ1n) is 10.5. The van der Waals surface area contributed by atoms with Gasteiger partial charge in [-0.2, -0.15) is 0 Å². The molecule has 3 rings (SSSR count). The van der Waals surface area contributed by atoms with E-state index < -0.39 is 6.10 Å². The summed E-state index contributed by atoms with van der Waals surface area (Å²) in [5.41, 5.74) is 1.15. The summed E-state index contributed by atoms with van der Waals surface area (Å²) in [4.78, 5) is 13.8. The second-order valence-electron chi connectivity index (χ2n) is 7.82. The number of aliphatic hydroxyl groups is 1. The lowest BCUT2D eigenvalue weighted by molar-refractivity contribution is -0.147. The number of carbonyl (C=O) groups is 1. The van der Waals surface area contributed by atoms with Gasteiger partial charge in [-0.1, -0.05) is 12.1 Å². The van der Waals surface area contributed by atoms with Gasteiger partial charge in [0.15, 0.2) is 0 Å². The van der Waals surface area contributed by atoms with E-state index in [4.69, 9.17) is 13.9 Å². The Balaban J connectivity index is 1.33. The highest BCUT2D eigenvalue weighted by atomic mass is 16.5. The van der Waals surface area contributed by atoms with E-state index in [1.54, 1.807) is 0 Å². The molecule has 2 heterocycles. The van der Waals surface area contributed by atoms with Crippen LogP contribution in [0, 0.1) is 12.8 Å². The van der Waals surface area contributed by atoms with Crippen molar-refractivity contribution in [2.45, 2.75) is 39.0 Å². The fourth-order valence-electron chi connectivity index (χ4n) is 3.67. The fraction of sp³-hybridized carbons (Fsp3) is 0.522. The van der Waals surface area contributed by atoms with Gasteiger partial charge in [-0.15, -0.1) is 0 Å². The average Bonchev–Trinajstić information content (AvgIpc) is 3.18. The first kappa shape index (κ1) is 22.3. The predicted octanol–water partition coefficient (Wildman–Crippen LogP) is 2.50. The van der Waals surface area contributed by atoms with Crippen molar-refractivity contribution in [3.63, 3.8) is 0 Å². The van der Waals surface area contributed by atoms with Gasteiger partial charge in [-0.3, -0.25) is 4.79 Å². The summed E-state index contributed by atoms with van der Waals surface area (Å²) < 4.78 is 16.1. The zero-order valence-corrected chi connectivity index (χ0v) is 17.8. The van der Waals surface area contributed by atoms with E-state index in [1.165, 1.54) is 7.11 Å². The van der Waals surface area contributed by atoms with E-state index in [0.717, 1.165) is 55.3 Å². The van der Waals surface area contributed by atoms with Crippen molar-refractivity contribution in [2.75, 3.05) is 33.4 Å². The number of carbonyl (C=O) groups excluding carboxylic acids is 1. The number of aliphatic hydroxyl groups excluding tert-OH is 1. The first-order valence-corrected chi connectivity index (χ1v) is 10.5. The molecule has 0 spiro atoms. The Bertz CT molecular complexity index is 781. The van der Waals surface area contributed by atoms with Crippen molar-refractivity contribution >= 4 is 5.97 Å². The number of nitrogens with one attached hydrogen (secondary N) is 1. The van der Waals surface area contributed by atoms with E-state index in [9.17, 15) is 9.90 Å². The topological polar surface area (TPSA) is 84.2 Å². The highest BCUT2D eigenvalue weighted by Crippen LogP contribution is 2.19. The Morgan fingerprint density at radius 3 is 2.57 bits per heavy atom. The molecule has 2 aromatic rings. The van der Waals surface area contributed by atoms with Crippen molar-refractivity contribution < 1.29 is 23.8 Å². The molecule has 0 aliphatic carbocycles. The van der Waals surface area contributed by atoms with E-state index in [2.05, 4.69) is 10.2 Å². The number of ether oxygens (including phenoxy) is 2. The smallest absolute Gasteiger partial charge is 0.308 e. The molecule has 0 bridgehead atoms. The molecule has 1 fully saturated rings. The van der Waals surface area contributed by atoms with E-state index >= 15 is 0 Å². The standard InChI is InChI=1S/C23H32N2O5/c1-17-3-6-22(30-17)14-24-13-18-4-7-21(8-5-18)29-16-20(26)15-25-11-9-19(10-12-25)23(27)28-2/h3-8,19-20,24,26H,9-16H2,1-2H3. The summed E-state index contributed by atoms with van der Waals surface area (Å²) in [6, 6.07) is 11.8. The summed E-state index contributed by atoms with van der Waals surface area (Å²) in [5, 5.41) is 13.6. The molecule has 1 aromatic heterocycles. The van der Waals surface area contributed by atoms with Gasteiger partial charge in [-0.05, 0) is 62.7 Å². The minimum Gasteiger partial charge on any atom is -0.491 e. The van der Waals surface area contributed by atoms with Crippen molar-refractivity contribution in [1.82, 2.24) is 10.2 Å². The van der Waals surface area contributed by atoms with E-state index in [0.29, 0.717) is 13.1 Å². The monoisotopic (exact) mass is 416 g/mol. The Hall–Kier alpha value is -2.35. The number of rotatable bonds is 10. The maximum absolute atomic E-state index is 11.6. The summed E-state index contributed by atoms with van der Waals surface area (Å²) in [6.07, 6.45) is 0.975. The normalized spacial score (nSPS) is 16.4. The third kappa shape index (κ3) is 6.86. The van der Waals surface area contributed by atoms with Crippen molar-refractivity contribution in [3.8, 4) is 5.75 Å². The molecule has 2 N–H and O–H groups in total. The van der Waals surface area contributed by atoms with Crippen molar-refractivity contribution in [2.24, 2.45) is 5.92 Å². The van der Waals surface area contributed by atoms with Crippen LogP contribution in [0.3, 0.4) is 0 Å². The second-order valence-corrected chi connectivity index (χ2v) is 7.82. The van der Waals surface area contributed by atoms with Crippen LogP contribution in [0.1, 0.15) is 29.9 Å². The van der Waals surface area contributed by atoms with Crippen LogP contribution in [-0.2, 0) is 22.6 Å². The summed E-state index contributed by atoms with van der Waals surface area (Å²) in [6.45, 7) is 5.73. The first-order chi connectivity index (χ1) is 14.5. The number of hydrogen-bond donors (Lipinski definition) is 2. The molecule has 1 aliphatic heterocycles. The Morgan fingerprint density at radius 1 is 1.20 bits per heavy atom. The summed E-state index contributed by atoms with van der Waals surface area (Å²) in [5.74, 6) is 2.44. The Labute approximate surface area is 178 Å². The predicted molar refractivity (Wildman–Crippen MR) is 113 cm³/mol. The number of likely N-dealkylation sites (tertiary alicyclic amines) is 1. The molecule has 1 unspecified atom stereocenters. The van der Waals surface area contributed by atoms with Gasteiger partial charge in [-0.25, -0.2) is 0 Å². The fourth-order valence-corrected chi connectivity index (χ4v) is 3.67. The maximum Gasteiger partial charge on any atom is 0.308 e. The molecule has 1 aromatic carbocycles. The van der Waals surface area contributed by atoms with Crippen LogP contribution < -0.4 is 10.1 Å². The number of furan rings is 1.